The molecule has 0 fully saturated rings. The van der Waals surface area contributed by atoms with Crippen molar-refractivity contribution in [3.8, 4) is 0 Å². The van der Waals surface area contributed by atoms with Crippen LogP contribution in [-0.2, 0) is 4.74 Å². The molecule has 186 valence electrons. The van der Waals surface area contributed by atoms with Crippen LogP contribution < -0.4 is 0 Å². The maximum atomic E-state index is 5.79. The van der Waals surface area contributed by atoms with Crippen molar-refractivity contribution in [2.24, 2.45) is 0 Å². The maximum Gasteiger partial charge on any atom is 0.0675 e. The molecular formula is C27H54INOS. The van der Waals surface area contributed by atoms with E-state index in [-0.39, 0.29) is 24.0 Å². The first kappa shape index (κ1) is 31.6. The number of halogens is 1. The Morgan fingerprint density at radius 2 is 1.03 bits per heavy atom. The number of unbranched alkanes of at least 4 members (excludes halogenated alkanes) is 18. The van der Waals surface area contributed by atoms with E-state index in [2.05, 4.69) is 23.4 Å². The van der Waals surface area contributed by atoms with Crippen LogP contribution in [-0.4, -0.2) is 30.5 Å². The third-order valence-corrected chi connectivity index (χ3v) is 7.03. The fourth-order valence-corrected chi connectivity index (χ4v) is 4.93. The summed E-state index contributed by atoms with van der Waals surface area (Å²) in [6.45, 7) is 5.40. The van der Waals surface area contributed by atoms with Gasteiger partial charge in [0, 0.05) is 26.0 Å². The second-order valence-electron chi connectivity index (χ2n) is 9.22. The van der Waals surface area contributed by atoms with Gasteiger partial charge in [-0.2, -0.15) is 0 Å². The van der Waals surface area contributed by atoms with Crippen LogP contribution in [0.4, 0.5) is 0 Å². The fourth-order valence-electron chi connectivity index (χ4n) is 4.18. The Kier molecular flexibility index (Phi) is 27.3. The fraction of sp³-hybridized carbons (Fsp3) is 0.926. The Balaban J connectivity index is 0.00000900. The second kappa shape index (κ2) is 26.8. The predicted molar refractivity (Wildman–Crippen MR) is 153 cm³/mol. The average molecular weight is 568 g/mol. The Morgan fingerprint density at radius 1 is 0.613 bits per heavy atom. The largest absolute Gasteiger partial charge is 0.381 e. The van der Waals surface area contributed by atoms with Crippen molar-refractivity contribution in [3.63, 3.8) is 0 Å². The van der Waals surface area contributed by atoms with Crippen LogP contribution >= 0.6 is 35.7 Å². The lowest BCUT2D eigenvalue weighted by Gasteiger charge is -2.13. The molecule has 0 aromatic rings. The minimum atomic E-state index is 0. The predicted octanol–water partition coefficient (Wildman–Crippen LogP) is 9.92. The van der Waals surface area contributed by atoms with E-state index in [4.69, 9.17) is 4.74 Å². The number of hydrogen-bond donors (Lipinski definition) is 0. The zero-order chi connectivity index (χ0) is 21.4. The number of thioether (sulfide) groups is 1. The summed E-state index contributed by atoms with van der Waals surface area (Å²) in [5, 5.41) is 2.19. The summed E-state index contributed by atoms with van der Waals surface area (Å²) < 4.78 is 5.79. The molecule has 1 heterocycles. The molecule has 1 rings (SSSR count). The number of nitrogens with zero attached hydrogens (tertiary/aromatic N) is 1. The molecule has 0 spiro atoms. The van der Waals surface area contributed by atoms with E-state index >= 15 is 0 Å². The van der Waals surface area contributed by atoms with Gasteiger partial charge in [0.15, 0.2) is 0 Å². The van der Waals surface area contributed by atoms with E-state index in [1.807, 2.05) is 11.8 Å². The van der Waals surface area contributed by atoms with Crippen LogP contribution in [0.3, 0.4) is 0 Å². The van der Waals surface area contributed by atoms with Gasteiger partial charge in [-0.05, 0) is 24.7 Å². The van der Waals surface area contributed by atoms with E-state index < -0.39 is 0 Å². The summed E-state index contributed by atoms with van der Waals surface area (Å²) in [6.07, 6.45) is 30.5. The van der Waals surface area contributed by atoms with E-state index in [0.29, 0.717) is 0 Å². The average Bonchev–Trinajstić information content (AvgIpc) is 3.28. The molecule has 2 nitrogen and oxygen atoms in total. The Labute approximate surface area is 217 Å². The molecular weight excluding hydrogens is 513 g/mol. The van der Waals surface area contributed by atoms with Gasteiger partial charge in [-0.25, -0.2) is 0 Å². The third-order valence-electron chi connectivity index (χ3n) is 6.23. The van der Waals surface area contributed by atoms with Crippen LogP contribution in [0.5, 0.6) is 0 Å². The molecule has 0 unspecified atom stereocenters. The first-order valence-electron chi connectivity index (χ1n) is 13.5. The molecule has 0 aromatic carbocycles. The van der Waals surface area contributed by atoms with Crippen LogP contribution in [0.25, 0.3) is 0 Å². The highest BCUT2D eigenvalue weighted by Gasteiger charge is 2.03. The van der Waals surface area contributed by atoms with Crippen LogP contribution in [0.2, 0.25) is 0 Å². The lowest BCUT2D eigenvalue weighted by molar-refractivity contribution is 0.125. The lowest BCUT2D eigenvalue weighted by Crippen LogP contribution is -2.15. The molecule has 0 saturated heterocycles. The highest BCUT2D eigenvalue weighted by Crippen LogP contribution is 2.16. The van der Waals surface area contributed by atoms with Crippen molar-refractivity contribution in [2.45, 2.75) is 135 Å². The van der Waals surface area contributed by atoms with Gasteiger partial charge in [0.05, 0.1) is 5.88 Å². The summed E-state index contributed by atoms with van der Waals surface area (Å²) in [5.41, 5.74) is 0. The van der Waals surface area contributed by atoms with Crippen molar-refractivity contribution in [2.75, 3.05) is 25.6 Å². The highest BCUT2D eigenvalue weighted by atomic mass is 127. The van der Waals surface area contributed by atoms with Gasteiger partial charge in [-0.1, -0.05) is 116 Å². The SMILES string of the molecule is CCCCCCCCCCCCCCCCCCCCOCCCCN1C=CSC1.I. The van der Waals surface area contributed by atoms with Gasteiger partial charge in [-0.15, -0.1) is 35.7 Å². The molecule has 0 aliphatic carbocycles. The van der Waals surface area contributed by atoms with Gasteiger partial charge in [0.2, 0.25) is 0 Å². The lowest BCUT2D eigenvalue weighted by atomic mass is 10.0. The Hall–Kier alpha value is 0.580. The van der Waals surface area contributed by atoms with E-state index in [1.165, 1.54) is 135 Å². The van der Waals surface area contributed by atoms with Crippen molar-refractivity contribution < 1.29 is 4.74 Å². The Bertz CT molecular complexity index is 367. The standard InChI is InChI=1S/C27H53NOS.HI/c1-2-3-4-5-6-7-8-9-10-11-12-13-14-15-16-17-18-20-24-29-25-21-19-22-28-23-26-30-27-28;/h23,26H,2-22,24-25,27H2,1H3;1H. The van der Waals surface area contributed by atoms with Crippen LogP contribution in [0.15, 0.2) is 11.6 Å². The molecule has 0 aromatic heterocycles. The monoisotopic (exact) mass is 567 g/mol. The zero-order valence-electron chi connectivity index (χ0n) is 20.8. The van der Waals surface area contributed by atoms with Crippen LogP contribution in [0.1, 0.15) is 135 Å². The van der Waals surface area contributed by atoms with Gasteiger partial charge < -0.3 is 9.64 Å². The minimum absolute atomic E-state index is 0. The topological polar surface area (TPSA) is 12.5 Å². The molecule has 0 saturated carbocycles. The molecule has 0 atom stereocenters. The molecule has 0 N–H and O–H groups in total. The normalized spacial score (nSPS) is 13.1. The van der Waals surface area contributed by atoms with Gasteiger partial charge in [0.25, 0.3) is 0 Å². The van der Waals surface area contributed by atoms with Gasteiger partial charge >= 0.3 is 0 Å². The second-order valence-corrected chi connectivity index (χ2v) is 10.1. The first-order valence-corrected chi connectivity index (χ1v) is 14.6. The van der Waals surface area contributed by atoms with E-state index in [0.717, 1.165) is 19.1 Å². The summed E-state index contributed by atoms with van der Waals surface area (Å²) >= 11 is 1.89. The van der Waals surface area contributed by atoms with E-state index in [1.54, 1.807) is 0 Å². The highest BCUT2D eigenvalue weighted by molar-refractivity contribution is 14.0. The number of rotatable bonds is 24. The maximum absolute atomic E-state index is 5.79. The summed E-state index contributed by atoms with van der Waals surface area (Å²) in [7, 11) is 0. The molecule has 1 aliphatic heterocycles. The van der Waals surface area contributed by atoms with Crippen molar-refractivity contribution in [1.29, 1.82) is 0 Å². The smallest absolute Gasteiger partial charge is 0.0675 e. The summed E-state index contributed by atoms with van der Waals surface area (Å²) in [6, 6.07) is 0. The molecule has 0 radical (unpaired) electrons. The van der Waals surface area contributed by atoms with Crippen LogP contribution in [0, 0.1) is 0 Å². The zero-order valence-corrected chi connectivity index (χ0v) is 23.9. The molecule has 31 heavy (non-hydrogen) atoms. The number of ether oxygens (including phenoxy) is 1. The molecule has 4 heteroatoms. The molecule has 0 bridgehead atoms. The molecule has 1 aliphatic rings. The summed E-state index contributed by atoms with van der Waals surface area (Å²) in [5.74, 6) is 1.14. The first-order chi connectivity index (χ1) is 14.9. The van der Waals surface area contributed by atoms with E-state index in [9.17, 15) is 0 Å². The van der Waals surface area contributed by atoms with Crippen molar-refractivity contribution in [3.05, 3.63) is 11.6 Å². The van der Waals surface area contributed by atoms with Gasteiger partial charge in [0.1, 0.15) is 0 Å². The quantitative estimate of drug-likeness (QED) is 0.0851. The van der Waals surface area contributed by atoms with Crippen molar-refractivity contribution >= 4 is 35.7 Å². The third kappa shape index (κ3) is 23.5. The van der Waals surface area contributed by atoms with Gasteiger partial charge in [-0.3, -0.25) is 0 Å². The van der Waals surface area contributed by atoms with Crippen molar-refractivity contribution in [1.82, 2.24) is 4.90 Å². The summed E-state index contributed by atoms with van der Waals surface area (Å²) in [4.78, 5) is 2.39. The Morgan fingerprint density at radius 3 is 1.45 bits per heavy atom. The number of hydrogen-bond acceptors (Lipinski definition) is 3. The molecule has 0 amide bonds. The minimum Gasteiger partial charge on any atom is -0.381 e.